The van der Waals surface area contributed by atoms with Crippen molar-refractivity contribution in [2.75, 3.05) is 0 Å². The van der Waals surface area contributed by atoms with Crippen molar-refractivity contribution in [3.05, 3.63) is 24.0 Å². The molecule has 0 aliphatic carbocycles. The molecule has 0 aromatic rings. The lowest BCUT2D eigenvalue weighted by Gasteiger charge is -2.20. The van der Waals surface area contributed by atoms with Crippen LogP contribution in [0.5, 0.6) is 0 Å². The van der Waals surface area contributed by atoms with Crippen molar-refractivity contribution >= 4 is 19.7 Å². The normalized spacial score (nSPS) is 16.1. The van der Waals surface area contributed by atoms with Crippen LogP contribution in [0.3, 0.4) is 0 Å². The highest BCUT2D eigenvalue weighted by atomic mass is 32.2. The molecular formula is C10H18O5S2. The zero-order valence-electron chi connectivity index (χ0n) is 10.00. The van der Waals surface area contributed by atoms with E-state index in [2.05, 4.69) is 13.2 Å². The zero-order valence-corrected chi connectivity index (χ0v) is 11.6. The van der Waals surface area contributed by atoms with E-state index in [1.165, 1.54) is 0 Å². The van der Waals surface area contributed by atoms with Crippen LogP contribution in [0.15, 0.2) is 24.0 Å². The van der Waals surface area contributed by atoms with E-state index in [0.717, 1.165) is 10.8 Å². The van der Waals surface area contributed by atoms with Crippen LogP contribution in [0.25, 0.3) is 0 Å². The van der Waals surface area contributed by atoms with Crippen LogP contribution in [0.2, 0.25) is 0 Å². The van der Waals surface area contributed by atoms with E-state index in [1.54, 1.807) is 13.8 Å². The number of sulfone groups is 2. The Morgan fingerprint density at radius 1 is 0.941 bits per heavy atom. The summed E-state index contributed by atoms with van der Waals surface area (Å²) in [7, 11) is -7.28. The van der Waals surface area contributed by atoms with E-state index in [4.69, 9.17) is 4.74 Å². The van der Waals surface area contributed by atoms with Gasteiger partial charge in [0.2, 0.25) is 0 Å². The maximum atomic E-state index is 11.5. The van der Waals surface area contributed by atoms with Gasteiger partial charge in [-0.05, 0) is 12.8 Å². The summed E-state index contributed by atoms with van der Waals surface area (Å²) < 4.78 is 51.3. The number of rotatable bonds is 8. The van der Waals surface area contributed by atoms with E-state index >= 15 is 0 Å². The summed E-state index contributed by atoms with van der Waals surface area (Å²) in [6, 6.07) is 0. The highest BCUT2D eigenvalue weighted by Crippen LogP contribution is 2.18. The topological polar surface area (TPSA) is 77.5 Å². The Hall–Kier alpha value is -0.660. The lowest BCUT2D eigenvalue weighted by atomic mass is 10.5. The Bertz CT molecular complexity index is 417. The number of hydrogen-bond donors (Lipinski definition) is 0. The Labute approximate surface area is 103 Å². The van der Waals surface area contributed by atoms with E-state index in [0.29, 0.717) is 0 Å². The van der Waals surface area contributed by atoms with Crippen LogP contribution in [-0.2, 0) is 24.4 Å². The molecule has 0 amide bonds. The highest BCUT2D eigenvalue weighted by Gasteiger charge is 2.30. The van der Waals surface area contributed by atoms with Crippen molar-refractivity contribution < 1.29 is 21.6 Å². The third-order valence-corrected chi connectivity index (χ3v) is 5.45. The molecule has 0 aromatic carbocycles. The summed E-state index contributed by atoms with van der Waals surface area (Å²) in [4.78, 5) is 0. The van der Waals surface area contributed by atoms with Gasteiger partial charge in [-0.15, -0.1) is 0 Å². The lowest BCUT2D eigenvalue weighted by Crippen LogP contribution is -2.31. The molecule has 0 fully saturated rings. The second kappa shape index (κ2) is 6.32. The quantitative estimate of drug-likeness (QED) is 0.675. The largest absolute Gasteiger partial charge is 0.342 e. The first-order chi connectivity index (χ1) is 7.75. The highest BCUT2D eigenvalue weighted by molar-refractivity contribution is 7.95. The van der Waals surface area contributed by atoms with Gasteiger partial charge in [0.15, 0.2) is 30.5 Å². The third kappa shape index (κ3) is 4.25. The molecule has 2 atom stereocenters. The molecule has 2 unspecified atom stereocenters. The maximum absolute atomic E-state index is 11.5. The second-order valence-corrected chi connectivity index (χ2v) is 7.40. The van der Waals surface area contributed by atoms with Gasteiger partial charge < -0.3 is 4.74 Å². The lowest BCUT2D eigenvalue weighted by molar-refractivity contribution is 0.0757. The molecule has 5 nitrogen and oxygen atoms in total. The van der Waals surface area contributed by atoms with Gasteiger partial charge in [0.05, 0.1) is 0 Å². The van der Waals surface area contributed by atoms with Gasteiger partial charge in [-0.1, -0.05) is 27.0 Å². The fourth-order valence-corrected chi connectivity index (χ4v) is 3.20. The minimum Gasteiger partial charge on any atom is -0.342 e. The molecule has 0 aromatic heterocycles. The van der Waals surface area contributed by atoms with Crippen LogP contribution < -0.4 is 0 Å². The SMILES string of the molecule is C=CS(=O)(=O)C(CC)OC(CC)S(=O)(=O)C=C. The summed E-state index contributed by atoms with van der Waals surface area (Å²) in [6.07, 6.45) is 0.301. The summed E-state index contributed by atoms with van der Waals surface area (Å²) in [5, 5.41) is 1.54. The van der Waals surface area contributed by atoms with Gasteiger partial charge >= 0.3 is 0 Å². The van der Waals surface area contributed by atoms with Crippen LogP contribution in [0.4, 0.5) is 0 Å². The van der Waals surface area contributed by atoms with Crippen LogP contribution >= 0.6 is 0 Å². The zero-order chi connectivity index (χ0) is 13.7. The average molecular weight is 282 g/mol. The third-order valence-electron chi connectivity index (χ3n) is 2.17. The van der Waals surface area contributed by atoms with Crippen LogP contribution in [-0.4, -0.2) is 27.7 Å². The molecule has 0 aliphatic rings. The summed E-state index contributed by atoms with van der Waals surface area (Å²) in [5.74, 6) is 0. The average Bonchev–Trinajstić information content (AvgIpc) is 2.29. The standard InChI is InChI=1S/C10H18O5S2/c1-5-9(16(11,12)7-3)15-10(6-2)17(13,14)8-4/h7-10H,3-6H2,1-2H3. The Balaban J connectivity index is 5.15. The summed E-state index contributed by atoms with van der Waals surface area (Å²) >= 11 is 0. The Morgan fingerprint density at radius 3 is 1.41 bits per heavy atom. The van der Waals surface area contributed by atoms with Crippen molar-refractivity contribution in [1.29, 1.82) is 0 Å². The molecule has 17 heavy (non-hydrogen) atoms. The van der Waals surface area contributed by atoms with E-state index in [9.17, 15) is 16.8 Å². The predicted molar refractivity (Wildman–Crippen MR) is 67.5 cm³/mol. The van der Waals surface area contributed by atoms with Crippen molar-refractivity contribution in [3.8, 4) is 0 Å². The first kappa shape index (κ1) is 16.3. The molecular weight excluding hydrogens is 264 g/mol. The molecule has 0 bridgehead atoms. The summed E-state index contributed by atoms with van der Waals surface area (Å²) in [5.41, 5.74) is -2.39. The molecule has 0 rings (SSSR count). The van der Waals surface area contributed by atoms with Crippen LogP contribution in [0, 0.1) is 0 Å². The summed E-state index contributed by atoms with van der Waals surface area (Å²) in [6.45, 7) is 9.55. The van der Waals surface area contributed by atoms with E-state index < -0.39 is 30.5 Å². The van der Waals surface area contributed by atoms with Gasteiger partial charge in [0, 0.05) is 10.8 Å². The minimum atomic E-state index is -3.64. The first-order valence-electron chi connectivity index (χ1n) is 5.13. The molecule has 100 valence electrons. The molecule has 0 aliphatic heterocycles. The molecule has 0 N–H and O–H groups in total. The van der Waals surface area contributed by atoms with Gasteiger partial charge in [-0.3, -0.25) is 0 Å². The van der Waals surface area contributed by atoms with E-state index in [-0.39, 0.29) is 12.8 Å². The molecule has 0 spiro atoms. The van der Waals surface area contributed by atoms with Crippen molar-refractivity contribution in [1.82, 2.24) is 0 Å². The van der Waals surface area contributed by atoms with Gasteiger partial charge in [-0.2, -0.15) is 0 Å². The molecule has 7 heteroatoms. The number of ether oxygens (including phenoxy) is 1. The minimum absolute atomic E-state index is 0.150. The molecule has 0 radical (unpaired) electrons. The second-order valence-electron chi connectivity index (χ2n) is 3.32. The Morgan fingerprint density at radius 2 is 1.24 bits per heavy atom. The van der Waals surface area contributed by atoms with Gasteiger partial charge in [-0.25, -0.2) is 16.8 Å². The van der Waals surface area contributed by atoms with Crippen molar-refractivity contribution in [2.24, 2.45) is 0 Å². The monoisotopic (exact) mass is 282 g/mol. The fourth-order valence-electron chi connectivity index (χ4n) is 1.20. The molecule has 0 heterocycles. The fraction of sp³-hybridized carbons (Fsp3) is 0.600. The number of hydrogen-bond acceptors (Lipinski definition) is 5. The predicted octanol–water partition coefficient (Wildman–Crippen LogP) is 1.59. The molecule has 0 saturated heterocycles. The van der Waals surface area contributed by atoms with E-state index in [1.807, 2.05) is 0 Å². The molecule has 0 saturated carbocycles. The van der Waals surface area contributed by atoms with Gasteiger partial charge in [0.25, 0.3) is 0 Å². The maximum Gasteiger partial charge on any atom is 0.197 e. The first-order valence-corrected chi connectivity index (χ1v) is 8.35. The van der Waals surface area contributed by atoms with Crippen molar-refractivity contribution in [2.45, 2.75) is 37.6 Å². The van der Waals surface area contributed by atoms with Crippen molar-refractivity contribution in [3.63, 3.8) is 0 Å². The Kier molecular flexibility index (Phi) is 6.08. The van der Waals surface area contributed by atoms with Crippen LogP contribution in [0.1, 0.15) is 26.7 Å². The smallest absolute Gasteiger partial charge is 0.197 e. The van der Waals surface area contributed by atoms with Gasteiger partial charge in [0.1, 0.15) is 0 Å².